The number of hydrogen-bond donors (Lipinski definition) is 0. The van der Waals surface area contributed by atoms with E-state index < -0.39 is 0 Å². The van der Waals surface area contributed by atoms with E-state index >= 15 is 0 Å². The van der Waals surface area contributed by atoms with Gasteiger partial charge in [0.15, 0.2) is 17.5 Å². The molecule has 1 aliphatic rings. The third kappa shape index (κ3) is 4.50. The number of furan rings is 1. The molecule has 2 aromatic heterocycles. The fourth-order valence-electron chi connectivity index (χ4n) is 6.77. The van der Waals surface area contributed by atoms with E-state index in [1.165, 1.54) is 11.1 Å². The molecule has 47 heavy (non-hydrogen) atoms. The van der Waals surface area contributed by atoms with Crippen LogP contribution in [0.4, 0.5) is 0 Å². The van der Waals surface area contributed by atoms with E-state index in [0.717, 1.165) is 61.3 Å². The van der Waals surface area contributed by atoms with E-state index in [1.807, 2.05) is 91.0 Å². The Labute approximate surface area is 272 Å². The van der Waals surface area contributed by atoms with E-state index in [4.69, 9.17) is 24.1 Å². The topological polar surface area (TPSA) is 61.0 Å². The fourth-order valence-corrected chi connectivity index (χ4v) is 6.77. The first-order valence-corrected chi connectivity index (χ1v) is 15.8. The van der Waals surface area contributed by atoms with Crippen molar-refractivity contribution in [1.82, 2.24) is 15.0 Å². The summed E-state index contributed by atoms with van der Waals surface area (Å²) in [6.07, 6.45) is 0. The fraction of sp³-hybridized carbons (Fsp3) is 0.0714. The number of ether oxygens (including phenoxy) is 1. The van der Waals surface area contributed by atoms with Gasteiger partial charge in [-0.05, 0) is 41.5 Å². The summed E-state index contributed by atoms with van der Waals surface area (Å²) in [5, 5.41) is 2.10. The molecule has 0 spiro atoms. The van der Waals surface area contributed by atoms with Crippen molar-refractivity contribution in [2.45, 2.75) is 19.3 Å². The van der Waals surface area contributed by atoms with Crippen molar-refractivity contribution in [1.29, 1.82) is 0 Å². The average molecular weight is 608 g/mol. The Kier molecular flexibility index (Phi) is 6.09. The summed E-state index contributed by atoms with van der Waals surface area (Å²) in [6, 6.07) is 47.3. The van der Waals surface area contributed by atoms with Crippen molar-refractivity contribution in [2.75, 3.05) is 0 Å². The Hall–Kier alpha value is -6.07. The molecule has 9 rings (SSSR count). The highest BCUT2D eigenvalue weighted by Gasteiger charge is 2.34. The first-order chi connectivity index (χ1) is 23.0. The van der Waals surface area contributed by atoms with Crippen molar-refractivity contribution in [2.24, 2.45) is 0 Å². The third-order valence-corrected chi connectivity index (χ3v) is 9.20. The van der Waals surface area contributed by atoms with E-state index in [2.05, 4.69) is 62.4 Å². The van der Waals surface area contributed by atoms with Crippen molar-refractivity contribution in [3.8, 4) is 56.8 Å². The number of nitrogens with zero attached hydrogens (tertiary/aromatic N) is 3. The minimum absolute atomic E-state index is 0.163. The van der Waals surface area contributed by atoms with Gasteiger partial charge in [0.05, 0.1) is 0 Å². The normalized spacial score (nSPS) is 13.2. The molecule has 0 atom stereocenters. The standard InChI is InChI=1S/C42H29N3O2/c1-42(2)32-17-9-10-18-34(32)46-37-24-28(21-23-33(37)42)30-16-11-19-35-38(30)31-22-20-29(25-36(31)47-35)41-44-39(26-12-5-3-6-13-26)43-40(45-41)27-14-7-4-8-15-27/h3-25H,1-2H3. The van der Waals surface area contributed by atoms with E-state index in [-0.39, 0.29) is 5.41 Å². The zero-order valence-corrected chi connectivity index (χ0v) is 25.9. The zero-order valence-electron chi connectivity index (χ0n) is 25.9. The molecule has 0 saturated heterocycles. The Morgan fingerprint density at radius 3 is 1.81 bits per heavy atom. The van der Waals surface area contributed by atoms with Crippen LogP contribution in [0.1, 0.15) is 25.0 Å². The first-order valence-electron chi connectivity index (χ1n) is 15.8. The molecular weight excluding hydrogens is 578 g/mol. The van der Waals surface area contributed by atoms with Gasteiger partial charge in [0.2, 0.25) is 0 Å². The largest absolute Gasteiger partial charge is 0.457 e. The molecule has 0 fully saturated rings. The van der Waals surface area contributed by atoms with Gasteiger partial charge in [-0.2, -0.15) is 0 Å². The van der Waals surface area contributed by atoms with Crippen LogP contribution >= 0.6 is 0 Å². The number of rotatable bonds is 4. The summed E-state index contributed by atoms with van der Waals surface area (Å²) >= 11 is 0. The van der Waals surface area contributed by atoms with Crippen LogP contribution in [-0.4, -0.2) is 15.0 Å². The van der Waals surface area contributed by atoms with Crippen LogP contribution in [0.3, 0.4) is 0 Å². The van der Waals surface area contributed by atoms with Gasteiger partial charge in [-0.3, -0.25) is 0 Å². The van der Waals surface area contributed by atoms with E-state index in [0.29, 0.717) is 17.5 Å². The van der Waals surface area contributed by atoms with Crippen molar-refractivity contribution >= 4 is 21.9 Å². The quantitative estimate of drug-likeness (QED) is 0.199. The minimum Gasteiger partial charge on any atom is -0.457 e. The molecule has 6 aromatic carbocycles. The number of para-hydroxylation sites is 1. The summed E-state index contributed by atoms with van der Waals surface area (Å²) in [5.41, 5.74) is 8.71. The first kappa shape index (κ1) is 27.3. The van der Waals surface area contributed by atoms with Crippen LogP contribution in [-0.2, 0) is 5.41 Å². The molecule has 5 heteroatoms. The molecular formula is C42H29N3O2. The average Bonchev–Trinajstić information content (AvgIpc) is 3.50. The Morgan fingerprint density at radius 1 is 0.468 bits per heavy atom. The van der Waals surface area contributed by atoms with Gasteiger partial charge >= 0.3 is 0 Å². The van der Waals surface area contributed by atoms with E-state index in [1.54, 1.807) is 0 Å². The highest BCUT2D eigenvalue weighted by molar-refractivity contribution is 6.13. The smallest absolute Gasteiger partial charge is 0.164 e. The maximum Gasteiger partial charge on any atom is 0.164 e. The summed E-state index contributed by atoms with van der Waals surface area (Å²) in [4.78, 5) is 14.7. The van der Waals surface area contributed by atoms with Crippen LogP contribution in [0.15, 0.2) is 144 Å². The SMILES string of the molecule is CC1(C)c2ccccc2Oc2cc(-c3cccc4oc5cc(-c6nc(-c7ccccc7)nc(-c7ccccc7)n6)ccc5c34)ccc21. The molecule has 0 unspecified atom stereocenters. The van der Waals surface area contributed by atoms with Crippen molar-refractivity contribution in [3.63, 3.8) is 0 Å². The highest BCUT2D eigenvalue weighted by Crippen LogP contribution is 2.49. The maximum atomic E-state index is 6.50. The van der Waals surface area contributed by atoms with Crippen LogP contribution < -0.4 is 4.74 Å². The highest BCUT2D eigenvalue weighted by atomic mass is 16.5. The predicted molar refractivity (Wildman–Crippen MR) is 187 cm³/mol. The molecule has 0 radical (unpaired) electrons. The molecule has 0 saturated carbocycles. The molecule has 5 nitrogen and oxygen atoms in total. The van der Waals surface area contributed by atoms with Crippen molar-refractivity contribution < 1.29 is 9.15 Å². The molecule has 0 aliphatic carbocycles. The second kappa shape index (κ2) is 10.5. The van der Waals surface area contributed by atoms with Gasteiger partial charge < -0.3 is 9.15 Å². The Morgan fingerprint density at radius 2 is 1.09 bits per heavy atom. The van der Waals surface area contributed by atoms with Gasteiger partial charge in [0.1, 0.15) is 22.7 Å². The van der Waals surface area contributed by atoms with Crippen LogP contribution in [0.25, 0.3) is 67.2 Å². The van der Waals surface area contributed by atoms with Crippen LogP contribution in [0.2, 0.25) is 0 Å². The molecule has 8 aromatic rings. The lowest BCUT2D eigenvalue weighted by Crippen LogP contribution is -2.24. The third-order valence-electron chi connectivity index (χ3n) is 9.20. The molecule has 0 amide bonds. The van der Waals surface area contributed by atoms with Gasteiger partial charge in [-0.15, -0.1) is 0 Å². The van der Waals surface area contributed by atoms with Crippen LogP contribution in [0.5, 0.6) is 11.5 Å². The van der Waals surface area contributed by atoms with E-state index in [9.17, 15) is 0 Å². The second-order valence-corrected chi connectivity index (χ2v) is 12.5. The summed E-state index contributed by atoms with van der Waals surface area (Å²) in [5.74, 6) is 3.64. The monoisotopic (exact) mass is 607 g/mol. The number of hydrogen-bond acceptors (Lipinski definition) is 5. The molecule has 0 bridgehead atoms. The maximum absolute atomic E-state index is 6.50. The predicted octanol–water partition coefficient (Wildman–Crippen LogP) is 10.9. The summed E-state index contributed by atoms with van der Waals surface area (Å²) < 4.78 is 13.0. The van der Waals surface area contributed by atoms with Crippen LogP contribution in [0, 0.1) is 0 Å². The summed E-state index contributed by atoms with van der Waals surface area (Å²) in [7, 11) is 0. The van der Waals surface area contributed by atoms with Gasteiger partial charge in [-0.25, -0.2) is 15.0 Å². The lowest BCUT2D eigenvalue weighted by molar-refractivity contribution is 0.418. The Bertz CT molecular complexity index is 2410. The minimum atomic E-state index is -0.163. The second-order valence-electron chi connectivity index (χ2n) is 12.5. The number of benzene rings is 6. The van der Waals surface area contributed by atoms with Crippen molar-refractivity contribution in [3.05, 3.63) is 151 Å². The molecule has 1 aliphatic heterocycles. The lowest BCUT2D eigenvalue weighted by atomic mass is 9.75. The number of fused-ring (bicyclic) bond motifs is 5. The molecule has 3 heterocycles. The Balaban J connectivity index is 1.16. The summed E-state index contributed by atoms with van der Waals surface area (Å²) in [6.45, 7) is 4.51. The zero-order chi connectivity index (χ0) is 31.5. The number of aromatic nitrogens is 3. The van der Waals surface area contributed by atoms with Gasteiger partial charge in [0, 0.05) is 44.0 Å². The molecule has 0 N–H and O–H groups in total. The lowest BCUT2D eigenvalue weighted by Gasteiger charge is -2.34. The van der Waals surface area contributed by atoms with Gasteiger partial charge in [0.25, 0.3) is 0 Å². The molecule has 224 valence electrons. The van der Waals surface area contributed by atoms with Gasteiger partial charge in [-0.1, -0.05) is 123 Å².